The average Bonchev–Trinajstić information content (AvgIpc) is 3.37. The van der Waals surface area contributed by atoms with Gasteiger partial charge in [0.25, 0.3) is 0 Å². The third-order valence-corrected chi connectivity index (χ3v) is 8.29. The van der Waals surface area contributed by atoms with Crippen LogP contribution in [0, 0.1) is 0 Å². The number of hydrogen-bond acceptors (Lipinski definition) is 11. The molecule has 0 saturated carbocycles. The predicted molar refractivity (Wildman–Crippen MR) is 154 cm³/mol. The minimum Gasteiger partial charge on any atom is -0.411 e. The van der Waals surface area contributed by atoms with E-state index in [9.17, 15) is 24.0 Å². The minimum absolute atomic E-state index is 0.0643. The minimum atomic E-state index is -0.515. The van der Waals surface area contributed by atoms with Gasteiger partial charge < -0.3 is 20.1 Å². The maximum absolute atomic E-state index is 12.4. The van der Waals surface area contributed by atoms with Crippen molar-refractivity contribution in [3.8, 4) is 0 Å². The second-order valence-electron chi connectivity index (χ2n) is 10.1. The molecule has 40 heavy (non-hydrogen) atoms. The lowest BCUT2D eigenvalue weighted by atomic mass is 10.3. The summed E-state index contributed by atoms with van der Waals surface area (Å²) in [6, 6.07) is 0. The van der Waals surface area contributed by atoms with E-state index in [0.717, 1.165) is 6.54 Å². The van der Waals surface area contributed by atoms with E-state index in [1.807, 2.05) is 37.7 Å². The number of carbonyl (C=O) groups excluding carboxylic acids is 5. The van der Waals surface area contributed by atoms with Crippen molar-refractivity contribution >= 4 is 57.8 Å². The third kappa shape index (κ3) is 11.4. The summed E-state index contributed by atoms with van der Waals surface area (Å²) in [7, 11) is 3.75. The fourth-order valence-corrected chi connectivity index (χ4v) is 5.30. The molecule has 0 spiro atoms. The standard InChI is InChI=1S/C25H42N6O7S2/c1-5-28(3)16-24(36)38-23-13-19(32)17-31(23,4)10-9-29(6-2)14-20(33)26-7-11-37-12-8-27-21(34)15-30-22(35)18-40-25(30)39/h23H,5-18H2,1-4H3,(H-,26,27,33,34)/p+1/t23-,31?/m0/s1. The number of thioether (sulfide) groups is 1. The van der Waals surface area contributed by atoms with E-state index in [0.29, 0.717) is 41.5 Å². The van der Waals surface area contributed by atoms with E-state index >= 15 is 0 Å². The number of hydrogen-bond donors (Lipinski definition) is 2. The Morgan fingerprint density at radius 3 is 2.38 bits per heavy atom. The smallest absolute Gasteiger partial charge is 0.324 e. The lowest BCUT2D eigenvalue weighted by Crippen LogP contribution is -2.54. The van der Waals surface area contributed by atoms with Gasteiger partial charge in [-0.2, -0.15) is 0 Å². The molecule has 13 nitrogen and oxygen atoms in total. The Morgan fingerprint density at radius 1 is 1.10 bits per heavy atom. The zero-order valence-electron chi connectivity index (χ0n) is 23.9. The number of thiocarbonyl (C=S) groups is 1. The Bertz CT molecular complexity index is 923. The van der Waals surface area contributed by atoms with E-state index in [2.05, 4.69) is 10.6 Å². The van der Waals surface area contributed by atoms with Gasteiger partial charge in [-0.05, 0) is 20.1 Å². The summed E-state index contributed by atoms with van der Waals surface area (Å²) in [5.74, 6) is -0.625. The van der Waals surface area contributed by atoms with Gasteiger partial charge in [0.1, 0.15) is 23.8 Å². The number of esters is 1. The van der Waals surface area contributed by atoms with Crippen molar-refractivity contribution in [1.29, 1.82) is 0 Å². The van der Waals surface area contributed by atoms with Crippen molar-refractivity contribution in [2.45, 2.75) is 26.5 Å². The molecule has 2 aliphatic rings. The van der Waals surface area contributed by atoms with Crippen LogP contribution in [0.4, 0.5) is 0 Å². The van der Waals surface area contributed by atoms with E-state index in [4.69, 9.17) is 21.7 Å². The van der Waals surface area contributed by atoms with Crippen molar-refractivity contribution in [3.05, 3.63) is 0 Å². The number of nitrogens with zero attached hydrogens (tertiary/aromatic N) is 4. The van der Waals surface area contributed by atoms with Crippen molar-refractivity contribution in [1.82, 2.24) is 25.3 Å². The highest BCUT2D eigenvalue weighted by Crippen LogP contribution is 2.24. The molecule has 0 bridgehead atoms. The van der Waals surface area contributed by atoms with Crippen molar-refractivity contribution < 1.29 is 37.9 Å². The van der Waals surface area contributed by atoms with Crippen LogP contribution in [0.3, 0.4) is 0 Å². The molecule has 226 valence electrons. The summed E-state index contributed by atoms with van der Waals surface area (Å²) < 4.78 is 11.9. The normalized spacial score (nSPS) is 21.0. The monoisotopic (exact) mass is 603 g/mol. The Hall–Kier alpha value is -2.17. The molecule has 1 unspecified atom stereocenters. The molecule has 2 heterocycles. The molecule has 2 rings (SSSR count). The predicted octanol–water partition coefficient (Wildman–Crippen LogP) is -1.34. The van der Waals surface area contributed by atoms with Crippen LogP contribution in [0.1, 0.15) is 20.3 Å². The summed E-state index contributed by atoms with van der Waals surface area (Å²) in [4.78, 5) is 65.7. The zero-order chi connectivity index (χ0) is 29.7. The van der Waals surface area contributed by atoms with E-state index in [-0.39, 0.29) is 81.0 Å². The van der Waals surface area contributed by atoms with Crippen LogP contribution < -0.4 is 10.6 Å². The van der Waals surface area contributed by atoms with Crippen LogP contribution in [0.5, 0.6) is 0 Å². The van der Waals surface area contributed by atoms with E-state index < -0.39 is 6.23 Å². The Morgan fingerprint density at radius 2 is 1.77 bits per heavy atom. The summed E-state index contributed by atoms with van der Waals surface area (Å²) in [6.45, 7) is 8.17. The molecule has 0 aliphatic carbocycles. The third-order valence-electron chi connectivity index (χ3n) is 6.86. The van der Waals surface area contributed by atoms with E-state index in [1.165, 1.54) is 16.7 Å². The van der Waals surface area contributed by atoms with Gasteiger partial charge in [-0.3, -0.25) is 43.2 Å². The SMILES string of the molecule is CCN(C)CC(=O)O[C@H]1CC(=O)C[N+]1(C)CCN(CC)CC(=O)NCCOCCNC(=O)CN1C(=O)CSC1=S. The van der Waals surface area contributed by atoms with Gasteiger partial charge in [0.05, 0.1) is 45.6 Å². The van der Waals surface area contributed by atoms with Crippen molar-refractivity contribution in [3.63, 3.8) is 0 Å². The molecule has 2 fully saturated rings. The number of ether oxygens (including phenoxy) is 2. The Kier molecular flexibility index (Phi) is 14.4. The van der Waals surface area contributed by atoms with Gasteiger partial charge in [-0.15, -0.1) is 0 Å². The summed E-state index contributed by atoms with van der Waals surface area (Å²) >= 11 is 6.30. The number of carbonyl (C=O) groups is 5. The lowest BCUT2D eigenvalue weighted by molar-refractivity contribution is -0.936. The van der Waals surface area contributed by atoms with Crippen molar-refractivity contribution in [2.24, 2.45) is 0 Å². The van der Waals surface area contributed by atoms with Gasteiger partial charge in [0.2, 0.25) is 23.9 Å². The van der Waals surface area contributed by atoms with E-state index in [1.54, 1.807) is 0 Å². The molecular formula is C25H43N6O7S2+. The van der Waals surface area contributed by atoms with Crippen LogP contribution in [0.2, 0.25) is 0 Å². The number of nitrogens with one attached hydrogen (secondary N) is 2. The lowest BCUT2D eigenvalue weighted by Gasteiger charge is -2.36. The van der Waals surface area contributed by atoms with Gasteiger partial charge in [-0.1, -0.05) is 37.8 Å². The molecule has 0 aromatic rings. The quantitative estimate of drug-likeness (QED) is 0.0833. The molecule has 2 N–H and O–H groups in total. The number of ketones is 1. The fourth-order valence-electron chi connectivity index (χ4n) is 4.24. The van der Waals surface area contributed by atoms with Crippen LogP contribution in [0.25, 0.3) is 0 Å². The maximum Gasteiger partial charge on any atom is 0.324 e. The highest BCUT2D eigenvalue weighted by Gasteiger charge is 2.45. The molecule has 2 aliphatic heterocycles. The fraction of sp³-hybridized carbons (Fsp3) is 0.760. The first-order chi connectivity index (χ1) is 19.0. The highest BCUT2D eigenvalue weighted by molar-refractivity contribution is 8.23. The van der Waals surface area contributed by atoms with Gasteiger partial charge in [0, 0.05) is 19.6 Å². The highest BCUT2D eigenvalue weighted by atomic mass is 32.2. The average molecular weight is 604 g/mol. The van der Waals surface area contributed by atoms with Crippen LogP contribution in [-0.2, 0) is 33.4 Å². The van der Waals surface area contributed by atoms with Crippen LogP contribution in [0.15, 0.2) is 0 Å². The topological polar surface area (TPSA) is 138 Å². The zero-order valence-corrected chi connectivity index (χ0v) is 25.6. The molecule has 0 aromatic heterocycles. The first-order valence-electron chi connectivity index (χ1n) is 13.5. The van der Waals surface area contributed by atoms with Crippen molar-refractivity contribution in [2.75, 3.05) is 98.5 Å². The van der Waals surface area contributed by atoms with Gasteiger partial charge >= 0.3 is 5.97 Å². The summed E-state index contributed by atoms with van der Waals surface area (Å²) in [5, 5.41) is 5.50. The van der Waals surface area contributed by atoms with Gasteiger partial charge in [-0.25, -0.2) is 0 Å². The van der Waals surface area contributed by atoms with Crippen LogP contribution >= 0.6 is 24.0 Å². The molecular weight excluding hydrogens is 560 g/mol. The largest absolute Gasteiger partial charge is 0.411 e. The molecule has 2 saturated heterocycles. The Balaban J connectivity index is 1.62. The second-order valence-corrected chi connectivity index (χ2v) is 11.7. The molecule has 0 radical (unpaired) electrons. The number of likely N-dealkylation sites (N-methyl/N-ethyl adjacent to an activating group) is 3. The summed E-state index contributed by atoms with van der Waals surface area (Å²) in [6.07, 6.45) is -0.307. The van der Waals surface area contributed by atoms with Crippen LogP contribution in [-0.4, -0.2) is 158 Å². The maximum atomic E-state index is 12.4. The summed E-state index contributed by atoms with van der Waals surface area (Å²) in [5.41, 5.74) is 0. The second kappa shape index (κ2) is 16.9. The number of quaternary nitrogens is 1. The Labute approximate surface area is 245 Å². The van der Waals surface area contributed by atoms with Gasteiger partial charge in [0.15, 0.2) is 5.78 Å². The first kappa shape index (κ1) is 34.0. The molecule has 15 heteroatoms. The molecule has 3 amide bonds. The number of rotatable bonds is 18. The molecule has 2 atom stereocenters. The number of amides is 3. The number of Topliss-reactive ketones (excluding diaryl/α,β-unsaturated/α-hetero) is 1. The number of likely N-dealkylation sites (tertiary alicyclic amines) is 1. The first-order valence-corrected chi connectivity index (χ1v) is 14.9. The molecule has 0 aromatic carbocycles.